The summed E-state index contributed by atoms with van der Waals surface area (Å²) in [5, 5.41) is 9.35. The second kappa shape index (κ2) is 3.17. The van der Waals surface area contributed by atoms with Crippen molar-refractivity contribution in [2.75, 3.05) is 13.2 Å². The van der Waals surface area contributed by atoms with E-state index in [-0.39, 0.29) is 17.6 Å². The van der Waals surface area contributed by atoms with Crippen LogP contribution in [-0.4, -0.2) is 36.3 Å². The quantitative estimate of drug-likeness (QED) is 0.671. The Bertz CT molecular complexity index is 223. The predicted molar refractivity (Wildman–Crippen MR) is 51.6 cm³/mol. The Morgan fingerprint density at radius 3 is 2.43 bits per heavy atom. The Balaban J connectivity index is 2.01. The van der Waals surface area contributed by atoms with Gasteiger partial charge < -0.3 is 20.3 Å². The van der Waals surface area contributed by atoms with Crippen molar-refractivity contribution in [3.05, 3.63) is 0 Å². The van der Waals surface area contributed by atoms with Crippen LogP contribution in [0, 0.1) is 5.41 Å². The normalized spacial score (nSPS) is 46.3. The van der Waals surface area contributed by atoms with Gasteiger partial charge in [0.25, 0.3) is 0 Å². The summed E-state index contributed by atoms with van der Waals surface area (Å²) in [6.45, 7) is 4.98. The Morgan fingerprint density at radius 1 is 1.43 bits per heavy atom. The molecule has 0 amide bonds. The van der Waals surface area contributed by atoms with Crippen molar-refractivity contribution in [3.8, 4) is 0 Å². The van der Waals surface area contributed by atoms with E-state index in [1.165, 1.54) is 0 Å². The number of ether oxygens (including phenoxy) is 2. The first-order valence-electron chi connectivity index (χ1n) is 5.17. The molecule has 3 N–H and O–H groups in total. The number of nitrogens with two attached hydrogens (primary N) is 1. The van der Waals surface area contributed by atoms with Crippen molar-refractivity contribution in [2.45, 2.75) is 44.7 Å². The predicted octanol–water partition coefficient (Wildman–Crippen LogP) is 0.238. The van der Waals surface area contributed by atoms with Gasteiger partial charge in [0, 0.05) is 12.0 Å². The minimum atomic E-state index is -0.493. The molecule has 4 nitrogen and oxygen atoms in total. The van der Waals surface area contributed by atoms with E-state index in [1.54, 1.807) is 0 Å². The third-order valence-corrected chi connectivity index (χ3v) is 3.38. The van der Waals surface area contributed by atoms with E-state index in [0.29, 0.717) is 13.2 Å². The third kappa shape index (κ3) is 1.56. The van der Waals surface area contributed by atoms with Crippen LogP contribution >= 0.6 is 0 Å². The fraction of sp³-hybridized carbons (Fsp3) is 1.00. The monoisotopic (exact) mass is 201 g/mol. The molecule has 0 aromatic heterocycles. The van der Waals surface area contributed by atoms with Crippen LogP contribution in [0.5, 0.6) is 0 Å². The highest BCUT2D eigenvalue weighted by molar-refractivity contribution is 5.01. The maximum absolute atomic E-state index is 9.35. The number of hydrogen-bond acceptors (Lipinski definition) is 4. The Kier molecular flexibility index (Phi) is 2.34. The van der Waals surface area contributed by atoms with Crippen LogP contribution < -0.4 is 5.73 Å². The lowest BCUT2D eigenvalue weighted by molar-refractivity contribution is -0.175. The summed E-state index contributed by atoms with van der Waals surface area (Å²) in [6, 6.07) is 0. The molecule has 1 aliphatic carbocycles. The van der Waals surface area contributed by atoms with Gasteiger partial charge in [-0.25, -0.2) is 0 Å². The molecule has 0 bridgehead atoms. The van der Waals surface area contributed by atoms with Gasteiger partial charge in [0.05, 0.1) is 18.8 Å². The molecule has 1 aliphatic heterocycles. The van der Waals surface area contributed by atoms with E-state index in [2.05, 4.69) is 0 Å². The van der Waals surface area contributed by atoms with Crippen molar-refractivity contribution in [2.24, 2.45) is 11.1 Å². The summed E-state index contributed by atoms with van der Waals surface area (Å²) in [5.41, 5.74) is 5.70. The van der Waals surface area contributed by atoms with Gasteiger partial charge in [0.15, 0.2) is 5.79 Å². The van der Waals surface area contributed by atoms with Gasteiger partial charge in [-0.2, -0.15) is 0 Å². The van der Waals surface area contributed by atoms with Crippen LogP contribution in [0.2, 0.25) is 0 Å². The van der Waals surface area contributed by atoms with Crippen LogP contribution in [-0.2, 0) is 9.47 Å². The van der Waals surface area contributed by atoms with Gasteiger partial charge in [-0.15, -0.1) is 0 Å². The van der Waals surface area contributed by atoms with Crippen molar-refractivity contribution in [1.82, 2.24) is 0 Å². The third-order valence-electron chi connectivity index (χ3n) is 3.38. The van der Waals surface area contributed by atoms with Crippen LogP contribution in [0.1, 0.15) is 26.7 Å². The van der Waals surface area contributed by atoms with Gasteiger partial charge in [-0.05, 0) is 26.7 Å². The van der Waals surface area contributed by atoms with E-state index < -0.39 is 5.79 Å². The standard InChI is InChI=1S/C10H19NO3/c1-9(2)13-5-8(14-9)10(6-11)3-7(12)4-10/h7-8,12H,3-6,11H2,1-2H3. The average Bonchev–Trinajstić information content (AvgIpc) is 2.40. The molecule has 1 saturated carbocycles. The second-order valence-electron chi connectivity index (χ2n) is 4.95. The average molecular weight is 201 g/mol. The molecule has 0 radical (unpaired) electrons. The molecule has 2 aliphatic rings. The maximum atomic E-state index is 9.35. The van der Waals surface area contributed by atoms with Crippen LogP contribution in [0.3, 0.4) is 0 Å². The molecule has 0 spiro atoms. The SMILES string of the molecule is CC1(C)OCC(C2(CN)CC(O)C2)O1. The number of aliphatic hydroxyl groups is 1. The van der Waals surface area contributed by atoms with E-state index >= 15 is 0 Å². The second-order valence-corrected chi connectivity index (χ2v) is 4.95. The molecular formula is C10H19NO3. The lowest BCUT2D eigenvalue weighted by atomic mass is 9.63. The summed E-state index contributed by atoms with van der Waals surface area (Å²) in [6.07, 6.45) is 1.33. The van der Waals surface area contributed by atoms with Gasteiger partial charge >= 0.3 is 0 Å². The number of aliphatic hydroxyl groups excluding tert-OH is 1. The van der Waals surface area contributed by atoms with E-state index in [0.717, 1.165) is 12.8 Å². The summed E-state index contributed by atoms with van der Waals surface area (Å²) in [4.78, 5) is 0. The minimum Gasteiger partial charge on any atom is -0.393 e. The van der Waals surface area contributed by atoms with Crippen LogP contribution in [0.15, 0.2) is 0 Å². The van der Waals surface area contributed by atoms with Crippen molar-refractivity contribution >= 4 is 0 Å². The first kappa shape index (κ1) is 10.4. The lowest BCUT2D eigenvalue weighted by Crippen LogP contribution is -2.54. The fourth-order valence-electron chi connectivity index (χ4n) is 2.43. The van der Waals surface area contributed by atoms with E-state index in [9.17, 15) is 5.11 Å². The highest BCUT2D eigenvalue weighted by Gasteiger charge is 2.53. The summed E-state index contributed by atoms with van der Waals surface area (Å²) in [7, 11) is 0. The molecule has 2 fully saturated rings. The molecule has 1 atom stereocenters. The zero-order chi connectivity index (χ0) is 10.4. The Hall–Kier alpha value is -0.160. The van der Waals surface area contributed by atoms with E-state index in [1.807, 2.05) is 13.8 Å². The minimum absolute atomic E-state index is 0.0471. The molecular weight excluding hydrogens is 182 g/mol. The molecule has 1 heterocycles. The molecule has 82 valence electrons. The summed E-state index contributed by atoms with van der Waals surface area (Å²) < 4.78 is 11.3. The zero-order valence-electron chi connectivity index (χ0n) is 8.82. The first-order chi connectivity index (χ1) is 6.47. The van der Waals surface area contributed by atoms with Crippen molar-refractivity contribution < 1.29 is 14.6 Å². The Labute approximate surface area is 84.4 Å². The molecule has 4 heteroatoms. The van der Waals surface area contributed by atoms with Crippen molar-refractivity contribution in [3.63, 3.8) is 0 Å². The highest BCUT2D eigenvalue weighted by Crippen LogP contribution is 2.47. The van der Waals surface area contributed by atoms with Gasteiger partial charge in [0.1, 0.15) is 0 Å². The van der Waals surface area contributed by atoms with Gasteiger partial charge in [-0.1, -0.05) is 0 Å². The van der Waals surface area contributed by atoms with Crippen LogP contribution in [0.25, 0.3) is 0 Å². The topological polar surface area (TPSA) is 64.7 Å². The largest absolute Gasteiger partial charge is 0.393 e. The number of hydrogen-bond donors (Lipinski definition) is 2. The summed E-state index contributed by atoms with van der Waals surface area (Å²) in [5.74, 6) is -0.493. The zero-order valence-corrected chi connectivity index (χ0v) is 8.82. The first-order valence-corrected chi connectivity index (χ1v) is 5.17. The smallest absolute Gasteiger partial charge is 0.163 e. The van der Waals surface area contributed by atoms with Gasteiger partial charge in [0.2, 0.25) is 0 Å². The molecule has 0 aromatic carbocycles. The molecule has 14 heavy (non-hydrogen) atoms. The maximum Gasteiger partial charge on any atom is 0.163 e. The molecule has 0 aromatic rings. The lowest BCUT2D eigenvalue weighted by Gasteiger charge is -2.47. The van der Waals surface area contributed by atoms with Gasteiger partial charge in [-0.3, -0.25) is 0 Å². The molecule has 2 rings (SSSR count). The highest BCUT2D eigenvalue weighted by atomic mass is 16.7. The van der Waals surface area contributed by atoms with Crippen LogP contribution in [0.4, 0.5) is 0 Å². The van der Waals surface area contributed by atoms with Crippen molar-refractivity contribution in [1.29, 1.82) is 0 Å². The number of rotatable bonds is 2. The Morgan fingerprint density at radius 2 is 2.07 bits per heavy atom. The molecule has 1 saturated heterocycles. The molecule has 1 unspecified atom stereocenters. The van der Waals surface area contributed by atoms with E-state index in [4.69, 9.17) is 15.2 Å². The summed E-state index contributed by atoms with van der Waals surface area (Å²) >= 11 is 0. The fourth-order valence-corrected chi connectivity index (χ4v) is 2.43.